The van der Waals surface area contributed by atoms with Crippen LogP contribution in [0.15, 0.2) is 84.9 Å². The molecule has 0 radical (unpaired) electrons. The van der Waals surface area contributed by atoms with Crippen LogP contribution in [-0.4, -0.2) is 0 Å². The van der Waals surface area contributed by atoms with Gasteiger partial charge in [0.05, 0.1) is 23.5 Å². The lowest BCUT2D eigenvalue weighted by atomic mass is 9.95. The van der Waals surface area contributed by atoms with Crippen LogP contribution < -0.4 is 10.6 Å². The van der Waals surface area contributed by atoms with Crippen LogP contribution in [0.1, 0.15) is 29.6 Å². The Balaban J connectivity index is 1.74. The van der Waals surface area contributed by atoms with E-state index >= 15 is 0 Å². The summed E-state index contributed by atoms with van der Waals surface area (Å²) in [6, 6.07) is 30.4. The van der Waals surface area contributed by atoms with Crippen LogP contribution in [0.3, 0.4) is 0 Å². The Labute approximate surface area is 137 Å². The largest absolute Gasteiger partial charge is 0.376 e. The summed E-state index contributed by atoms with van der Waals surface area (Å²) in [5, 5.41) is 7.43. The molecule has 0 aromatic heterocycles. The van der Waals surface area contributed by atoms with Crippen LogP contribution in [0.2, 0.25) is 0 Å². The van der Waals surface area contributed by atoms with E-state index < -0.39 is 0 Å². The zero-order valence-electron chi connectivity index (χ0n) is 12.9. The number of nitrogens with one attached hydrogen (secondary N) is 2. The second-order valence-electron chi connectivity index (χ2n) is 6.00. The molecule has 0 bridgehead atoms. The van der Waals surface area contributed by atoms with E-state index in [1.807, 2.05) is 0 Å². The molecule has 0 unspecified atom stereocenters. The zero-order valence-corrected chi connectivity index (χ0v) is 12.9. The molecule has 3 aromatic carbocycles. The maximum atomic E-state index is 3.71. The standard InChI is InChI=1S/C21H20N2/c1-3-9-16(10-4-1)20-15-21(17-11-5-2-6-12-17)23-19-14-8-7-13-18(19)22-20/h1-14,20-23H,15H2/t20-,21-/m1/s1. The summed E-state index contributed by atoms with van der Waals surface area (Å²) in [5.74, 6) is 0. The molecule has 4 rings (SSSR count). The van der Waals surface area contributed by atoms with Crippen LogP contribution in [-0.2, 0) is 0 Å². The van der Waals surface area contributed by atoms with E-state index in [-0.39, 0.29) is 12.1 Å². The molecule has 0 spiro atoms. The Bertz CT molecular complexity index is 702. The molecule has 0 saturated heterocycles. The quantitative estimate of drug-likeness (QED) is 0.662. The maximum Gasteiger partial charge on any atom is 0.0580 e. The molecular weight excluding hydrogens is 280 g/mol. The molecule has 0 saturated carbocycles. The van der Waals surface area contributed by atoms with Crippen LogP contribution in [0.25, 0.3) is 0 Å². The third kappa shape index (κ3) is 2.93. The van der Waals surface area contributed by atoms with E-state index in [4.69, 9.17) is 0 Å². The van der Waals surface area contributed by atoms with Crippen molar-refractivity contribution in [2.24, 2.45) is 0 Å². The van der Waals surface area contributed by atoms with Gasteiger partial charge in [-0.1, -0.05) is 72.8 Å². The highest BCUT2D eigenvalue weighted by molar-refractivity contribution is 5.70. The summed E-state index contributed by atoms with van der Waals surface area (Å²) in [5.41, 5.74) is 4.98. The summed E-state index contributed by atoms with van der Waals surface area (Å²) in [4.78, 5) is 0. The topological polar surface area (TPSA) is 24.1 Å². The summed E-state index contributed by atoms with van der Waals surface area (Å²) in [6.45, 7) is 0. The number of fused-ring (bicyclic) bond motifs is 1. The monoisotopic (exact) mass is 300 g/mol. The van der Waals surface area contributed by atoms with Gasteiger partial charge < -0.3 is 10.6 Å². The lowest BCUT2D eigenvalue weighted by Crippen LogP contribution is -2.15. The third-order valence-corrected chi connectivity index (χ3v) is 4.46. The van der Waals surface area contributed by atoms with Gasteiger partial charge in [0.25, 0.3) is 0 Å². The van der Waals surface area contributed by atoms with E-state index in [9.17, 15) is 0 Å². The fourth-order valence-electron chi connectivity index (χ4n) is 3.27. The Morgan fingerprint density at radius 1 is 0.522 bits per heavy atom. The van der Waals surface area contributed by atoms with Gasteiger partial charge in [0.1, 0.15) is 0 Å². The minimum Gasteiger partial charge on any atom is -0.376 e. The first-order valence-corrected chi connectivity index (χ1v) is 8.12. The number of rotatable bonds is 2. The number of hydrogen-bond donors (Lipinski definition) is 2. The molecule has 1 aliphatic rings. The fraction of sp³-hybridized carbons (Fsp3) is 0.143. The highest BCUT2D eigenvalue weighted by atomic mass is 15.0. The first kappa shape index (κ1) is 13.9. The van der Waals surface area contributed by atoms with Crippen molar-refractivity contribution >= 4 is 11.4 Å². The third-order valence-electron chi connectivity index (χ3n) is 4.46. The molecule has 1 aliphatic heterocycles. The van der Waals surface area contributed by atoms with Crippen molar-refractivity contribution in [1.29, 1.82) is 0 Å². The molecule has 2 atom stereocenters. The lowest BCUT2D eigenvalue weighted by Gasteiger charge is -2.22. The molecule has 23 heavy (non-hydrogen) atoms. The maximum absolute atomic E-state index is 3.71. The molecule has 0 aliphatic carbocycles. The predicted molar refractivity (Wildman–Crippen MR) is 96.7 cm³/mol. The molecule has 0 amide bonds. The highest BCUT2D eigenvalue weighted by Crippen LogP contribution is 2.38. The van der Waals surface area contributed by atoms with Crippen LogP contribution >= 0.6 is 0 Å². The van der Waals surface area contributed by atoms with Gasteiger partial charge in [-0.05, 0) is 29.7 Å². The molecule has 114 valence electrons. The second kappa shape index (κ2) is 6.17. The Kier molecular flexibility index (Phi) is 3.73. The molecular formula is C21H20N2. The fourth-order valence-corrected chi connectivity index (χ4v) is 3.27. The number of benzene rings is 3. The van der Waals surface area contributed by atoms with Gasteiger partial charge in [0.15, 0.2) is 0 Å². The molecule has 2 N–H and O–H groups in total. The van der Waals surface area contributed by atoms with E-state index in [2.05, 4.69) is 95.6 Å². The Hall–Kier alpha value is -2.74. The summed E-state index contributed by atoms with van der Waals surface area (Å²) in [7, 11) is 0. The van der Waals surface area contributed by atoms with Gasteiger partial charge >= 0.3 is 0 Å². The zero-order chi connectivity index (χ0) is 15.5. The molecule has 2 heteroatoms. The van der Waals surface area contributed by atoms with Crippen molar-refractivity contribution in [1.82, 2.24) is 0 Å². The van der Waals surface area contributed by atoms with E-state index in [0.717, 1.165) is 6.42 Å². The van der Waals surface area contributed by atoms with Gasteiger partial charge in [-0.25, -0.2) is 0 Å². The van der Waals surface area contributed by atoms with Crippen molar-refractivity contribution in [2.75, 3.05) is 10.6 Å². The van der Waals surface area contributed by atoms with Gasteiger partial charge in [-0.2, -0.15) is 0 Å². The first-order valence-electron chi connectivity index (χ1n) is 8.12. The minimum absolute atomic E-state index is 0.289. The average molecular weight is 300 g/mol. The average Bonchev–Trinajstić information content (AvgIpc) is 2.83. The molecule has 3 aromatic rings. The van der Waals surface area contributed by atoms with E-state index in [1.54, 1.807) is 0 Å². The predicted octanol–water partition coefficient (Wildman–Crippen LogP) is 5.40. The van der Waals surface area contributed by atoms with Crippen LogP contribution in [0, 0.1) is 0 Å². The summed E-state index contributed by atoms with van der Waals surface area (Å²) >= 11 is 0. The number of para-hydroxylation sites is 2. The SMILES string of the molecule is c1ccc([C@H]2C[C@H](c3ccccc3)Nc3ccccc3N2)cc1. The van der Waals surface area contributed by atoms with Gasteiger partial charge in [0, 0.05) is 0 Å². The molecule has 0 fully saturated rings. The van der Waals surface area contributed by atoms with Gasteiger partial charge in [-0.15, -0.1) is 0 Å². The van der Waals surface area contributed by atoms with Crippen molar-refractivity contribution in [3.05, 3.63) is 96.1 Å². The van der Waals surface area contributed by atoms with Crippen molar-refractivity contribution in [2.45, 2.75) is 18.5 Å². The van der Waals surface area contributed by atoms with E-state index in [1.165, 1.54) is 22.5 Å². The Morgan fingerprint density at radius 3 is 1.35 bits per heavy atom. The highest BCUT2D eigenvalue weighted by Gasteiger charge is 2.24. The van der Waals surface area contributed by atoms with Crippen molar-refractivity contribution in [3.63, 3.8) is 0 Å². The molecule has 1 heterocycles. The van der Waals surface area contributed by atoms with Gasteiger partial charge in [0.2, 0.25) is 0 Å². The Morgan fingerprint density at radius 2 is 0.913 bits per heavy atom. The summed E-state index contributed by atoms with van der Waals surface area (Å²) in [6.07, 6.45) is 1.00. The first-order chi connectivity index (χ1) is 11.4. The second-order valence-corrected chi connectivity index (χ2v) is 6.00. The molecule has 2 nitrogen and oxygen atoms in total. The normalized spacial score (nSPS) is 19.8. The lowest BCUT2D eigenvalue weighted by molar-refractivity contribution is 0.623. The van der Waals surface area contributed by atoms with Crippen molar-refractivity contribution < 1.29 is 0 Å². The number of anilines is 2. The van der Waals surface area contributed by atoms with Crippen molar-refractivity contribution in [3.8, 4) is 0 Å². The summed E-state index contributed by atoms with van der Waals surface area (Å²) < 4.78 is 0. The minimum atomic E-state index is 0.289. The van der Waals surface area contributed by atoms with E-state index in [0.29, 0.717) is 0 Å². The van der Waals surface area contributed by atoms with Crippen LogP contribution in [0.5, 0.6) is 0 Å². The number of hydrogen-bond acceptors (Lipinski definition) is 2. The smallest absolute Gasteiger partial charge is 0.0580 e. The van der Waals surface area contributed by atoms with Crippen LogP contribution in [0.4, 0.5) is 11.4 Å². The van der Waals surface area contributed by atoms with Gasteiger partial charge in [-0.3, -0.25) is 0 Å².